The average Bonchev–Trinajstić information content (AvgIpc) is 3.36. The maximum absolute atomic E-state index is 13.4. The maximum Gasteiger partial charge on any atom is 0.255 e. The molecule has 1 unspecified atom stereocenters. The first-order chi connectivity index (χ1) is 20.5. The quantitative estimate of drug-likeness (QED) is 0.193. The molecule has 0 bridgehead atoms. The third-order valence-corrected chi connectivity index (χ3v) is 9.61. The number of nitrogens with zero attached hydrogens (tertiary/aromatic N) is 2. The van der Waals surface area contributed by atoms with Crippen LogP contribution in [0.4, 0.5) is 10.7 Å². The summed E-state index contributed by atoms with van der Waals surface area (Å²) in [5, 5.41) is 16.2. The third kappa shape index (κ3) is 7.02. The Labute approximate surface area is 254 Å². The highest BCUT2D eigenvalue weighted by Crippen LogP contribution is 2.38. The van der Waals surface area contributed by atoms with Gasteiger partial charge < -0.3 is 15.4 Å². The summed E-state index contributed by atoms with van der Waals surface area (Å²) in [6, 6.07) is 27.1. The molecule has 7 nitrogen and oxygen atoms in total. The molecule has 214 valence electrons. The summed E-state index contributed by atoms with van der Waals surface area (Å²) in [5.74, 6) is 0.326. The average molecular weight is 597 g/mol. The van der Waals surface area contributed by atoms with Gasteiger partial charge in [0.05, 0.1) is 17.9 Å². The number of carbonyl (C=O) groups is 2. The van der Waals surface area contributed by atoms with E-state index < -0.39 is 0 Å². The van der Waals surface area contributed by atoms with Crippen LogP contribution in [0.15, 0.2) is 83.8 Å². The predicted octanol–water partition coefficient (Wildman–Crippen LogP) is 6.95. The molecular weight excluding hydrogens is 565 g/mol. The fourth-order valence-corrected chi connectivity index (χ4v) is 7.17. The Morgan fingerprint density at radius 2 is 1.86 bits per heavy atom. The number of nitriles is 1. The van der Waals surface area contributed by atoms with Gasteiger partial charge in [-0.3, -0.25) is 14.5 Å². The van der Waals surface area contributed by atoms with Crippen LogP contribution >= 0.6 is 23.1 Å². The number of rotatable bonds is 10. The van der Waals surface area contributed by atoms with Gasteiger partial charge in [0.15, 0.2) is 0 Å². The first kappa shape index (κ1) is 29.4. The third-order valence-electron chi connectivity index (χ3n) is 7.12. The summed E-state index contributed by atoms with van der Waals surface area (Å²) >= 11 is 2.95. The SMILES string of the molecule is CCC(Sc1cccc(NC(=O)c2ccc(OC)cc2)c1)C(=O)Nc1sc2c(c1C#N)CCN(Cc1ccccc1)C2. The molecule has 3 aromatic carbocycles. The summed E-state index contributed by atoms with van der Waals surface area (Å²) in [4.78, 5) is 30.5. The van der Waals surface area contributed by atoms with Gasteiger partial charge >= 0.3 is 0 Å². The lowest BCUT2D eigenvalue weighted by Gasteiger charge is -2.26. The van der Waals surface area contributed by atoms with Gasteiger partial charge in [0.1, 0.15) is 16.8 Å². The van der Waals surface area contributed by atoms with E-state index >= 15 is 0 Å². The molecule has 1 atom stereocenters. The second-order valence-electron chi connectivity index (χ2n) is 9.98. The second kappa shape index (κ2) is 13.7. The molecule has 2 heterocycles. The lowest BCUT2D eigenvalue weighted by atomic mass is 10.0. The molecular formula is C33H32N4O3S2. The van der Waals surface area contributed by atoms with Gasteiger partial charge in [0, 0.05) is 40.7 Å². The molecule has 0 saturated heterocycles. The van der Waals surface area contributed by atoms with Crippen molar-refractivity contribution >= 4 is 45.6 Å². The van der Waals surface area contributed by atoms with Crippen LogP contribution in [0.25, 0.3) is 0 Å². The first-order valence-electron chi connectivity index (χ1n) is 13.8. The van der Waals surface area contributed by atoms with Crippen molar-refractivity contribution in [3.63, 3.8) is 0 Å². The largest absolute Gasteiger partial charge is 0.497 e. The number of hydrogen-bond acceptors (Lipinski definition) is 7. The zero-order valence-electron chi connectivity index (χ0n) is 23.6. The number of methoxy groups -OCH3 is 1. The number of hydrogen-bond donors (Lipinski definition) is 2. The summed E-state index contributed by atoms with van der Waals surface area (Å²) in [7, 11) is 1.58. The second-order valence-corrected chi connectivity index (χ2v) is 12.4. The number of fused-ring (bicyclic) bond motifs is 1. The molecule has 2 N–H and O–H groups in total. The van der Waals surface area contributed by atoms with Crippen molar-refractivity contribution in [1.29, 1.82) is 5.26 Å². The van der Waals surface area contributed by atoms with Gasteiger partial charge in [-0.1, -0.05) is 43.3 Å². The van der Waals surface area contributed by atoms with Gasteiger partial charge in [-0.05, 0) is 66.4 Å². The van der Waals surface area contributed by atoms with Gasteiger partial charge in [0.2, 0.25) is 5.91 Å². The lowest BCUT2D eigenvalue weighted by Crippen LogP contribution is -2.29. The number of thioether (sulfide) groups is 1. The zero-order chi connectivity index (χ0) is 29.5. The summed E-state index contributed by atoms with van der Waals surface area (Å²) < 4.78 is 5.16. The van der Waals surface area contributed by atoms with Gasteiger partial charge in [-0.25, -0.2) is 0 Å². The Morgan fingerprint density at radius 3 is 2.57 bits per heavy atom. The summed E-state index contributed by atoms with van der Waals surface area (Å²) in [5.41, 5.74) is 4.08. The number of anilines is 2. The number of nitrogens with one attached hydrogen (secondary N) is 2. The van der Waals surface area contributed by atoms with Crippen LogP contribution in [0, 0.1) is 11.3 Å². The van der Waals surface area contributed by atoms with Crippen LogP contribution in [0.5, 0.6) is 5.75 Å². The number of carbonyl (C=O) groups excluding carboxylic acids is 2. The van der Waals surface area contributed by atoms with E-state index in [9.17, 15) is 14.9 Å². The van der Waals surface area contributed by atoms with E-state index in [4.69, 9.17) is 4.74 Å². The Hall–Kier alpha value is -4.10. The normalized spacial score (nSPS) is 13.5. The maximum atomic E-state index is 13.4. The number of thiophene rings is 1. The fraction of sp³-hybridized carbons (Fsp3) is 0.242. The molecule has 0 spiro atoms. The highest BCUT2D eigenvalue weighted by molar-refractivity contribution is 8.00. The minimum atomic E-state index is -0.363. The van der Waals surface area contributed by atoms with Crippen LogP contribution < -0.4 is 15.4 Å². The molecule has 42 heavy (non-hydrogen) atoms. The van der Waals surface area contributed by atoms with Crippen molar-refractivity contribution in [2.75, 3.05) is 24.3 Å². The van der Waals surface area contributed by atoms with Crippen molar-refractivity contribution in [1.82, 2.24) is 4.90 Å². The van der Waals surface area contributed by atoms with Gasteiger partial charge in [-0.15, -0.1) is 23.1 Å². The van der Waals surface area contributed by atoms with E-state index in [-0.39, 0.29) is 17.1 Å². The molecule has 0 fully saturated rings. The van der Waals surface area contributed by atoms with E-state index in [1.54, 1.807) is 31.4 Å². The number of benzene rings is 3. The van der Waals surface area contributed by atoms with Crippen LogP contribution in [0.2, 0.25) is 0 Å². The lowest BCUT2D eigenvalue weighted by molar-refractivity contribution is -0.115. The minimum Gasteiger partial charge on any atom is -0.497 e. The molecule has 2 amide bonds. The van der Waals surface area contributed by atoms with Crippen LogP contribution in [0.1, 0.15) is 45.3 Å². The van der Waals surface area contributed by atoms with Gasteiger partial charge in [-0.2, -0.15) is 5.26 Å². The molecule has 1 aliphatic rings. The first-order valence-corrected chi connectivity index (χ1v) is 15.5. The van der Waals surface area contributed by atoms with Crippen molar-refractivity contribution in [2.24, 2.45) is 0 Å². The van der Waals surface area contributed by atoms with Crippen LogP contribution in [0.3, 0.4) is 0 Å². The van der Waals surface area contributed by atoms with Crippen molar-refractivity contribution in [3.8, 4) is 11.8 Å². The fourth-order valence-electron chi connectivity index (χ4n) is 4.91. The zero-order valence-corrected chi connectivity index (χ0v) is 25.2. The molecule has 0 saturated carbocycles. The van der Waals surface area contributed by atoms with E-state index in [2.05, 4.69) is 33.7 Å². The Morgan fingerprint density at radius 1 is 1.07 bits per heavy atom. The highest BCUT2D eigenvalue weighted by Gasteiger charge is 2.27. The Kier molecular flexibility index (Phi) is 9.59. The molecule has 4 aromatic rings. The molecule has 1 aromatic heterocycles. The molecule has 0 aliphatic carbocycles. The van der Waals surface area contributed by atoms with E-state index in [1.807, 2.05) is 49.4 Å². The van der Waals surface area contributed by atoms with E-state index in [1.165, 1.54) is 28.7 Å². The predicted molar refractivity (Wildman–Crippen MR) is 169 cm³/mol. The van der Waals surface area contributed by atoms with Crippen molar-refractivity contribution < 1.29 is 14.3 Å². The smallest absolute Gasteiger partial charge is 0.255 e. The number of ether oxygens (including phenoxy) is 1. The van der Waals surface area contributed by atoms with Crippen molar-refractivity contribution in [3.05, 3.63) is 106 Å². The molecule has 0 radical (unpaired) electrons. The standard InChI is InChI=1S/C33H32N4O3S2/c1-3-29(41-26-11-7-10-24(18-26)35-31(38)23-12-14-25(40-2)15-13-23)32(39)36-33-28(19-34)27-16-17-37(21-30(27)42-33)20-22-8-5-4-6-9-22/h4-15,18,29H,3,16-17,20-21H2,1-2H3,(H,35,38)(H,36,39). The molecule has 1 aliphatic heterocycles. The molecule has 5 rings (SSSR count). The Balaban J connectivity index is 1.23. The van der Waals surface area contributed by atoms with Crippen molar-refractivity contribution in [2.45, 2.75) is 43.0 Å². The van der Waals surface area contributed by atoms with Gasteiger partial charge in [0.25, 0.3) is 5.91 Å². The summed E-state index contributed by atoms with van der Waals surface area (Å²) in [6.07, 6.45) is 1.40. The van der Waals surface area contributed by atoms with E-state index in [0.29, 0.717) is 34.0 Å². The number of amides is 2. The Bertz CT molecular complexity index is 1600. The molecule has 9 heteroatoms. The topological polar surface area (TPSA) is 94.5 Å². The summed E-state index contributed by atoms with van der Waals surface area (Å²) in [6.45, 7) is 4.47. The monoisotopic (exact) mass is 596 g/mol. The van der Waals surface area contributed by atoms with Crippen LogP contribution in [-0.2, 0) is 24.3 Å². The van der Waals surface area contributed by atoms with E-state index in [0.717, 1.165) is 41.4 Å². The minimum absolute atomic E-state index is 0.133. The highest BCUT2D eigenvalue weighted by atomic mass is 32.2. The van der Waals surface area contributed by atoms with Crippen LogP contribution in [-0.4, -0.2) is 35.6 Å².